The quantitative estimate of drug-likeness (QED) is 0.276. The number of nitrogens with zero attached hydrogens (tertiary/aromatic N) is 4. The number of carbonyl (C=O) groups excluding carboxylic acids is 4. The van der Waals surface area contributed by atoms with Crippen LogP contribution in [0.15, 0.2) is 59.3 Å². The van der Waals surface area contributed by atoms with Gasteiger partial charge in [0.15, 0.2) is 11.4 Å². The van der Waals surface area contributed by atoms with Crippen molar-refractivity contribution in [3.63, 3.8) is 0 Å². The Balaban J connectivity index is 1.23. The van der Waals surface area contributed by atoms with Gasteiger partial charge in [0.05, 0.1) is 34.1 Å². The summed E-state index contributed by atoms with van der Waals surface area (Å²) in [5.74, 6) is -1.74. The van der Waals surface area contributed by atoms with Crippen LogP contribution in [0.25, 0.3) is 5.65 Å². The van der Waals surface area contributed by atoms with Gasteiger partial charge in [-0.25, -0.2) is 4.98 Å². The summed E-state index contributed by atoms with van der Waals surface area (Å²) in [6.07, 6.45) is 1.85. The highest BCUT2D eigenvalue weighted by atomic mass is 79.9. The maximum Gasteiger partial charge on any atom is 0.262 e. The summed E-state index contributed by atoms with van der Waals surface area (Å²) in [5, 5.41) is 3.02. The predicted octanol–water partition coefficient (Wildman–Crippen LogP) is 4.67. The maximum atomic E-state index is 12.9. The minimum absolute atomic E-state index is 0.00769. The molecule has 41 heavy (non-hydrogen) atoms. The Morgan fingerprint density at radius 2 is 1.73 bits per heavy atom. The highest BCUT2D eigenvalue weighted by Gasteiger charge is 2.36. The zero-order valence-corrected chi connectivity index (χ0v) is 24.9. The number of carbonyl (C=O) groups is 4. The molecule has 4 amide bonds. The number of benzene rings is 2. The summed E-state index contributed by atoms with van der Waals surface area (Å²) < 4.78 is 8.68. The van der Waals surface area contributed by atoms with Gasteiger partial charge < -0.3 is 15.0 Å². The fourth-order valence-corrected chi connectivity index (χ4v) is 5.36. The lowest BCUT2D eigenvalue weighted by atomic mass is 10.1. The summed E-state index contributed by atoms with van der Waals surface area (Å²) >= 11 is 16.6. The van der Waals surface area contributed by atoms with E-state index in [1.807, 2.05) is 23.6 Å². The first-order valence-electron chi connectivity index (χ1n) is 12.3. The molecule has 5 rings (SSSR count). The summed E-state index contributed by atoms with van der Waals surface area (Å²) in [6, 6.07) is 13.1. The number of amides is 4. The molecule has 0 spiro atoms. The molecular formula is C28H22BrCl2N5O5. The predicted molar refractivity (Wildman–Crippen MR) is 157 cm³/mol. The Morgan fingerprint density at radius 3 is 2.41 bits per heavy atom. The third kappa shape index (κ3) is 5.40. The molecule has 2 aromatic heterocycles. The van der Waals surface area contributed by atoms with Crippen molar-refractivity contribution in [3.05, 3.63) is 91.8 Å². The van der Waals surface area contributed by atoms with Crippen molar-refractivity contribution >= 4 is 74.1 Å². The Bertz CT molecular complexity index is 1710. The monoisotopic (exact) mass is 657 g/mol. The molecule has 0 aliphatic carbocycles. The van der Waals surface area contributed by atoms with Crippen LogP contribution >= 0.6 is 39.1 Å². The summed E-state index contributed by atoms with van der Waals surface area (Å²) in [5.41, 5.74) is 2.71. The number of imide groups is 1. The molecule has 0 saturated heterocycles. The Hall–Kier alpha value is -3.93. The largest absolute Gasteiger partial charge is 0.485 e. The van der Waals surface area contributed by atoms with E-state index in [0.29, 0.717) is 27.7 Å². The SMILES string of the molecule is Cc1nc2c(OCc3c(Cl)ccc(N(C)C(=O)CNC(=O)CN4C(=O)c5ccccc5C4=O)c3Cl)cccn2c1Br. The molecule has 0 atom stereocenters. The summed E-state index contributed by atoms with van der Waals surface area (Å²) in [4.78, 5) is 57.1. The van der Waals surface area contributed by atoms with E-state index in [4.69, 9.17) is 27.9 Å². The average Bonchev–Trinajstić information content (AvgIpc) is 3.39. The fraction of sp³-hybridized carbons (Fsp3) is 0.179. The van der Waals surface area contributed by atoms with Crippen molar-refractivity contribution in [1.82, 2.24) is 19.6 Å². The number of anilines is 1. The van der Waals surface area contributed by atoms with Gasteiger partial charge in [-0.15, -0.1) is 0 Å². The smallest absolute Gasteiger partial charge is 0.262 e. The molecule has 0 unspecified atom stereocenters. The minimum atomic E-state index is -0.660. The second kappa shape index (κ2) is 11.5. The van der Waals surface area contributed by atoms with Gasteiger partial charge in [-0.1, -0.05) is 35.3 Å². The molecule has 0 radical (unpaired) electrons. The van der Waals surface area contributed by atoms with E-state index in [-0.39, 0.29) is 29.3 Å². The van der Waals surface area contributed by atoms with Crippen LogP contribution in [0.1, 0.15) is 32.0 Å². The van der Waals surface area contributed by atoms with Gasteiger partial charge in [0, 0.05) is 23.8 Å². The molecule has 4 aromatic rings. The van der Waals surface area contributed by atoms with Crippen LogP contribution in [-0.4, -0.2) is 58.1 Å². The molecule has 210 valence electrons. The van der Waals surface area contributed by atoms with E-state index in [2.05, 4.69) is 26.2 Å². The van der Waals surface area contributed by atoms with E-state index < -0.39 is 30.2 Å². The molecule has 0 fully saturated rings. The van der Waals surface area contributed by atoms with Gasteiger partial charge in [-0.05, 0) is 59.3 Å². The van der Waals surface area contributed by atoms with Crippen molar-refractivity contribution < 1.29 is 23.9 Å². The van der Waals surface area contributed by atoms with Crippen LogP contribution in [0.5, 0.6) is 5.75 Å². The van der Waals surface area contributed by atoms with Gasteiger partial charge in [-0.2, -0.15) is 0 Å². The molecule has 10 nitrogen and oxygen atoms in total. The highest BCUT2D eigenvalue weighted by molar-refractivity contribution is 9.10. The third-order valence-electron chi connectivity index (χ3n) is 6.60. The molecule has 13 heteroatoms. The number of ether oxygens (including phenoxy) is 1. The average molecular weight is 659 g/mol. The van der Waals surface area contributed by atoms with Crippen LogP contribution in [0, 0.1) is 6.92 Å². The first-order chi connectivity index (χ1) is 19.6. The van der Waals surface area contributed by atoms with Crippen LogP contribution in [0.4, 0.5) is 5.69 Å². The number of likely N-dealkylation sites (N-methyl/N-ethyl adjacent to an activating group) is 1. The van der Waals surface area contributed by atoms with E-state index in [1.165, 1.54) is 24.1 Å². The lowest BCUT2D eigenvalue weighted by Crippen LogP contribution is -2.44. The number of nitrogens with one attached hydrogen (secondary N) is 1. The third-order valence-corrected chi connectivity index (χ3v) is 8.34. The number of fused-ring (bicyclic) bond motifs is 2. The standard InChI is InChI=1S/C28H22BrCl2N5O5/c1-15-25(29)35-11-5-8-21(26(35)33-15)41-14-18-19(30)9-10-20(24(18)31)34(2)23(38)12-32-22(37)13-36-27(39)16-6-3-4-7-17(16)28(36)40/h3-11H,12-14H2,1-2H3,(H,32,37). The Morgan fingerprint density at radius 1 is 1.05 bits per heavy atom. The summed E-state index contributed by atoms with van der Waals surface area (Å²) in [6.45, 7) is 0.983. The number of halogens is 3. The number of aryl methyl sites for hydroxylation is 1. The van der Waals surface area contributed by atoms with E-state index in [0.717, 1.165) is 15.2 Å². The fourth-order valence-electron chi connectivity index (χ4n) is 4.38. The molecule has 0 saturated carbocycles. The summed E-state index contributed by atoms with van der Waals surface area (Å²) in [7, 11) is 1.50. The van der Waals surface area contributed by atoms with E-state index in [1.54, 1.807) is 30.3 Å². The zero-order valence-electron chi connectivity index (χ0n) is 21.8. The second-order valence-corrected chi connectivity index (χ2v) is 10.7. The number of imidazole rings is 1. The Labute approximate surface area is 252 Å². The minimum Gasteiger partial charge on any atom is -0.485 e. The first kappa shape index (κ1) is 28.6. The van der Waals surface area contributed by atoms with Gasteiger partial charge >= 0.3 is 0 Å². The van der Waals surface area contributed by atoms with Crippen molar-refractivity contribution in [2.24, 2.45) is 0 Å². The van der Waals surface area contributed by atoms with E-state index >= 15 is 0 Å². The number of pyridine rings is 1. The zero-order chi connectivity index (χ0) is 29.4. The van der Waals surface area contributed by atoms with Gasteiger partial charge in [0.2, 0.25) is 11.8 Å². The number of aromatic nitrogens is 2. The molecule has 1 aliphatic heterocycles. The van der Waals surface area contributed by atoms with Gasteiger partial charge in [0.25, 0.3) is 11.8 Å². The molecule has 2 aromatic carbocycles. The number of hydrogen-bond donors (Lipinski definition) is 1. The lowest BCUT2D eigenvalue weighted by molar-refractivity contribution is -0.125. The molecule has 3 heterocycles. The molecule has 0 bridgehead atoms. The topological polar surface area (TPSA) is 113 Å². The number of rotatable bonds is 8. The van der Waals surface area contributed by atoms with Crippen LogP contribution in [0.2, 0.25) is 10.0 Å². The lowest BCUT2D eigenvalue weighted by Gasteiger charge is -2.21. The van der Waals surface area contributed by atoms with Crippen molar-refractivity contribution in [2.45, 2.75) is 13.5 Å². The van der Waals surface area contributed by atoms with Gasteiger partial charge in [0.1, 0.15) is 17.8 Å². The molecular weight excluding hydrogens is 637 g/mol. The highest BCUT2D eigenvalue weighted by Crippen LogP contribution is 2.35. The van der Waals surface area contributed by atoms with Crippen molar-refractivity contribution in [3.8, 4) is 5.75 Å². The number of hydrogen-bond acceptors (Lipinski definition) is 6. The van der Waals surface area contributed by atoms with Crippen LogP contribution in [0.3, 0.4) is 0 Å². The second-order valence-electron chi connectivity index (χ2n) is 9.17. The molecule has 1 N–H and O–H groups in total. The van der Waals surface area contributed by atoms with Crippen molar-refractivity contribution in [2.75, 3.05) is 25.0 Å². The van der Waals surface area contributed by atoms with E-state index in [9.17, 15) is 19.2 Å². The Kier molecular flexibility index (Phi) is 8.03. The molecule has 1 aliphatic rings. The van der Waals surface area contributed by atoms with Gasteiger partial charge in [-0.3, -0.25) is 28.5 Å². The normalized spacial score (nSPS) is 12.6. The first-order valence-corrected chi connectivity index (χ1v) is 13.8. The van der Waals surface area contributed by atoms with Crippen LogP contribution < -0.4 is 15.0 Å². The van der Waals surface area contributed by atoms with Crippen LogP contribution in [-0.2, 0) is 16.2 Å². The van der Waals surface area contributed by atoms with Crippen molar-refractivity contribution in [1.29, 1.82) is 0 Å². The maximum absolute atomic E-state index is 12.9.